The van der Waals surface area contributed by atoms with Crippen molar-refractivity contribution in [2.24, 2.45) is 0 Å². The lowest BCUT2D eigenvalue weighted by atomic mass is 10.4. The molecule has 0 saturated heterocycles. The van der Waals surface area contributed by atoms with Gasteiger partial charge in [-0.2, -0.15) is 25.3 Å². The highest BCUT2D eigenvalue weighted by atomic mass is 32.1. The van der Waals surface area contributed by atoms with Crippen LogP contribution in [0.3, 0.4) is 0 Å². The van der Waals surface area contributed by atoms with Crippen LogP contribution in [0.25, 0.3) is 0 Å². The lowest BCUT2D eigenvalue weighted by Crippen LogP contribution is -1.89. The molecule has 0 bridgehead atoms. The molecular formula is C4H9S2. The Morgan fingerprint density at radius 2 is 2.17 bits per heavy atom. The molecule has 0 fully saturated rings. The highest BCUT2D eigenvalue weighted by molar-refractivity contribution is 7.81. The van der Waals surface area contributed by atoms with Gasteiger partial charge in [-0.15, -0.1) is 0 Å². The fourth-order valence-corrected chi connectivity index (χ4v) is 0.793. The largest absolute Gasteiger partial charge is 0.179 e. The molecule has 0 aromatic carbocycles. The van der Waals surface area contributed by atoms with Gasteiger partial charge < -0.3 is 0 Å². The molecule has 0 aliphatic heterocycles. The van der Waals surface area contributed by atoms with E-state index in [2.05, 4.69) is 32.2 Å². The van der Waals surface area contributed by atoms with E-state index in [9.17, 15) is 0 Å². The zero-order valence-corrected chi connectivity index (χ0v) is 5.38. The van der Waals surface area contributed by atoms with Gasteiger partial charge in [-0.05, 0) is 19.1 Å². The second-order valence-electron chi connectivity index (χ2n) is 1.17. The Bertz CT molecular complexity index is 26.7. The molecule has 0 amide bonds. The highest BCUT2D eigenvalue weighted by Crippen LogP contribution is 1.97. The first kappa shape index (κ1) is 6.70. The molecule has 1 unspecified atom stereocenters. The van der Waals surface area contributed by atoms with Crippen LogP contribution in [-0.4, -0.2) is 11.0 Å². The molecule has 37 valence electrons. The van der Waals surface area contributed by atoms with E-state index in [0.29, 0.717) is 0 Å². The Labute approximate surface area is 50.1 Å². The first-order valence-electron chi connectivity index (χ1n) is 1.89. The standard InChI is InChI=1S/C4H9S2/c1-4(6)2-3-5/h4-6H,1-3H2. The number of rotatable bonds is 2. The third kappa shape index (κ3) is 4.70. The van der Waals surface area contributed by atoms with E-state index in [-0.39, 0.29) is 5.25 Å². The first-order chi connectivity index (χ1) is 2.77. The molecule has 0 aromatic heterocycles. The van der Waals surface area contributed by atoms with E-state index in [0.717, 1.165) is 12.2 Å². The van der Waals surface area contributed by atoms with Gasteiger partial charge in [0.2, 0.25) is 0 Å². The van der Waals surface area contributed by atoms with Gasteiger partial charge in [-0.25, -0.2) is 0 Å². The fraction of sp³-hybridized carbons (Fsp3) is 0.750. The molecule has 0 spiro atoms. The predicted molar refractivity (Wildman–Crippen MR) is 36.6 cm³/mol. The Kier molecular flexibility index (Phi) is 4.33. The lowest BCUT2D eigenvalue weighted by molar-refractivity contribution is 0.999. The molecule has 1 atom stereocenters. The highest BCUT2D eigenvalue weighted by Gasteiger charge is 1.87. The van der Waals surface area contributed by atoms with Gasteiger partial charge in [0.25, 0.3) is 0 Å². The van der Waals surface area contributed by atoms with Crippen molar-refractivity contribution in [1.82, 2.24) is 0 Å². The Morgan fingerprint density at radius 1 is 1.67 bits per heavy atom. The van der Waals surface area contributed by atoms with Crippen molar-refractivity contribution in [3.8, 4) is 0 Å². The number of hydrogen-bond acceptors (Lipinski definition) is 2. The van der Waals surface area contributed by atoms with E-state index < -0.39 is 0 Å². The minimum Gasteiger partial charge on any atom is -0.179 e. The van der Waals surface area contributed by atoms with Crippen LogP contribution in [0.15, 0.2) is 0 Å². The van der Waals surface area contributed by atoms with Crippen molar-refractivity contribution in [2.75, 3.05) is 5.75 Å². The van der Waals surface area contributed by atoms with Crippen LogP contribution in [0.2, 0.25) is 0 Å². The van der Waals surface area contributed by atoms with E-state index in [1.165, 1.54) is 0 Å². The Morgan fingerprint density at radius 3 is 2.17 bits per heavy atom. The van der Waals surface area contributed by atoms with E-state index >= 15 is 0 Å². The summed E-state index contributed by atoms with van der Waals surface area (Å²) in [5, 5.41) is 0.266. The van der Waals surface area contributed by atoms with Crippen LogP contribution in [0.4, 0.5) is 0 Å². The summed E-state index contributed by atoms with van der Waals surface area (Å²) in [4.78, 5) is 0. The third-order valence-electron chi connectivity index (χ3n) is 0.462. The predicted octanol–water partition coefficient (Wildman–Crippen LogP) is 1.44. The number of hydrogen-bond donors (Lipinski definition) is 2. The third-order valence-corrected chi connectivity index (χ3v) is 0.979. The molecule has 2 heteroatoms. The zero-order chi connectivity index (χ0) is 4.99. The van der Waals surface area contributed by atoms with E-state index in [1.807, 2.05) is 0 Å². The van der Waals surface area contributed by atoms with Gasteiger partial charge in [0.1, 0.15) is 0 Å². The fourth-order valence-electron chi connectivity index (χ4n) is 0.149. The summed E-state index contributed by atoms with van der Waals surface area (Å²) in [6.45, 7) is 3.64. The van der Waals surface area contributed by atoms with Gasteiger partial charge in [0.15, 0.2) is 0 Å². The second-order valence-corrected chi connectivity index (χ2v) is 2.34. The summed E-state index contributed by atoms with van der Waals surface area (Å²) < 4.78 is 0. The first-order valence-corrected chi connectivity index (χ1v) is 3.04. The Balaban J connectivity index is 2.63. The molecule has 0 nitrogen and oxygen atoms in total. The van der Waals surface area contributed by atoms with Gasteiger partial charge in [-0.3, -0.25) is 0 Å². The maximum absolute atomic E-state index is 4.02. The van der Waals surface area contributed by atoms with Crippen molar-refractivity contribution in [2.45, 2.75) is 11.7 Å². The quantitative estimate of drug-likeness (QED) is 0.507. The average molecular weight is 121 g/mol. The van der Waals surface area contributed by atoms with Crippen LogP contribution in [0.1, 0.15) is 6.42 Å². The summed E-state index contributed by atoms with van der Waals surface area (Å²) in [6.07, 6.45) is 0.992. The van der Waals surface area contributed by atoms with Crippen molar-refractivity contribution >= 4 is 25.3 Å². The van der Waals surface area contributed by atoms with Crippen LogP contribution in [0.5, 0.6) is 0 Å². The molecule has 0 rings (SSSR count). The minimum absolute atomic E-state index is 0.266. The van der Waals surface area contributed by atoms with Gasteiger partial charge in [0.05, 0.1) is 0 Å². The summed E-state index contributed by atoms with van der Waals surface area (Å²) in [5.41, 5.74) is 0. The Hall–Kier alpha value is 0.700. The molecule has 0 aromatic rings. The van der Waals surface area contributed by atoms with Crippen molar-refractivity contribution in [3.63, 3.8) is 0 Å². The van der Waals surface area contributed by atoms with Crippen LogP contribution >= 0.6 is 25.3 Å². The molecule has 1 radical (unpaired) electrons. The summed E-state index contributed by atoms with van der Waals surface area (Å²) in [6, 6.07) is 0. The zero-order valence-electron chi connectivity index (χ0n) is 3.59. The molecule has 0 aliphatic carbocycles. The maximum atomic E-state index is 4.02. The van der Waals surface area contributed by atoms with Gasteiger partial charge in [-0.1, -0.05) is 0 Å². The minimum atomic E-state index is 0.266. The molecule has 0 heterocycles. The van der Waals surface area contributed by atoms with Crippen molar-refractivity contribution < 1.29 is 0 Å². The van der Waals surface area contributed by atoms with Gasteiger partial charge >= 0.3 is 0 Å². The van der Waals surface area contributed by atoms with Crippen LogP contribution in [0, 0.1) is 6.92 Å². The summed E-state index contributed by atoms with van der Waals surface area (Å²) >= 11 is 7.99. The monoisotopic (exact) mass is 121 g/mol. The van der Waals surface area contributed by atoms with E-state index in [4.69, 9.17) is 0 Å². The summed E-state index contributed by atoms with van der Waals surface area (Å²) in [5.74, 6) is 0.887. The smallest absolute Gasteiger partial charge is 0.00249 e. The van der Waals surface area contributed by atoms with Crippen molar-refractivity contribution in [3.05, 3.63) is 6.92 Å². The van der Waals surface area contributed by atoms with Gasteiger partial charge in [0, 0.05) is 5.25 Å². The molecule has 6 heavy (non-hydrogen) atoms. The lowest BCUT2D eigenvalue weighted by Gasteiger charge is -1.94. The normalized spacial score (nSPS) is 14.5. The molecule has 0 aliphatic rings. The number of thiol groups is 2. The summed E-state index contributed by atoms with van der Waals surface area (Å²) in [7, 11) is 0. The van der Waals surface area contributed by atoms with Crippen LogP contribution < -0.4 is 0 Å². The molecule has 0 saturated carbocycles. The van der Waals surface area contributed by atoms with E-state index in [1.54, 1.807) is 0 Å². The molecule has 0 N–H and O–H groups in total. The molecular weight excluding hydrogens is 112 g/mol. The van der Waals surface area contributed by atoms with Crippen molar-refractivity contribution in [1.29, 1.82) is 0 Å². The SMILES string of the molecule is [CH2]C(S)CCS. The average Bonchev–Trinajstić information content (AvgIpc) is 1.35. The van der Waals surface area contributed by atoms with Crippen LogP contribution in [-0.2, 0) is 0 Å². The topological polar surface area (TPSA) is 0 Å². The second kappa shape index (κ2) is 3.88. The maximum Gasteiger partial charge on any atom is 0.00249 e.